The molecule has 6 nitrogen and oxygen atoms in total. The minimum Gasteiger partial charge on any atom is -0.398 e. The molecule has 43 heavy (non-hydrogen) atoms. The lowest BCUT2D eigenvalue weighted by Crippen LogP contribution is -2.01. The Balaban J connectivity index is 0.000000162. The number of nitrogens with one attached hydrogen (secondary N) is 1. The lowest BCUT2D eigenvalue weighted by Gasteiger charge is -2.14. The quantitative estimate of drug-likeness (QED) is 0.162. The Labute approximate surface area is 276 Å². The average molecular weight is 673 g/mol. The predicted molar refractivity (Wildman–Crippen MR) is 177 cm³/mol. The van der Waals surface area contributed by atoms with E-state index in [0.29, 0.717) is 27.5 Å². The Morgan fingerprint density at radius 2 is 1.23 bits per heavy atom. The van der Waals surface area contributed by atoms with Gasteiger partial charge in [-0.15, -0.1) is 0 Å². The maximum atomic E-state index is 9.08. The largest absolute Gasteiger partial charge is 0.398 e. The minimum atomic E-state index is 0.0874. The van der Waals surface area contributed by atoms with Crippen LogP contribution in [0.5, 0.6) is 0 Å². The molecule has 11 heteroatoms. The summed E-state index contributed by atoms with van der Waals surface area (Å²) in [5.74, 6) is 0.499. The van der Waals surface area contributed by atoms with Crippen molar-refractivity contribution in [1.29, 1.82) is 10.5 Å². The highest BCUT2D eigenvalue weighted by Crippen LogP contribution is 2.35. The van der Waals surface area contributed by atoms with Crippen LogP contribution in [-0.4, -0.2) is 9.97 Å². The number of nitriles is 2. The Bertz CT molecular complexity index is 1770. The van der Waals surface area contributed by atoms with E-state index < -0.39 is 0 Å². The van der Waals surface area contributed by atoms with Gasteiger partial charge in [0.15, 0.2) is 5.82 Å². The van der Waals surface area contributed by atoms with E-state index in [1.165, 1.54) is 47.9 Å². The zero-order chi connectivity index (χ0) is 31.3. The number of nitrogens with zero attached hydrogens (tertiary/aromatic N) is 4. The number of fused-ring (bicyclic) bond motifs is 2. The zero-order valence-corrected chi connectivity index (χ0v) is 27.2. The third-order valence-corrected chi connectivity index (χ3v) is 9.26. The van der Waals surface area contributed by atoms with Crippen molar-refractivity contribution in [3.05, 3.63) is 106 Å². The first-order chi connectivity index (χ1) is 20.6. The van der Waals surface area contributed by atoms with E-state index in [-0.39, 0.29) is 26.0 Å². The van der Waals surface area contributed by atoms with Crippen molar-refractivity contribution in [3.8, 4) is 12.1 Å². The Kier molecular flexibility index (Phi) is 11.0. The van der Waals surface area contributed by atoms with Crippen molar-refractivity contribution >= 4 is 75.2 Å². The van der Waals surface area contributed by atoms with Crippen molar-refractivity contribution in [1.82, 2.24) is 9.97 Å². The van der Waals surface area contributed by atoms with Crippen LogP contribution >= 0.6 is 58.0 Å². The maximum absolute atomic E-state index is 9.08. The van der Waals surface area contributed by atoms with Crippen LogP contribution in [0.25, 0.3) is 0 Å². The smallest absolute Gasteiger partial charge is 0.151 e. The van der Waals surface area contributed by atoms with Gasteiger partial charge in [0, 0.05) is 11.4 Å². The van der Waals surface area contributed by atoms with Gasteiger partial charge in [0.05, 0.1) is 21.2 Å². The molecule has 2 aromatic carbocycles. The summed E-state index contributed by atoms with van der Waals surface area (Å²) in [7, 11) is 0. The molecule has 0 spiro atoms. The number of hydrogen-bond acceptors (Lipinski definition) is 6. The molecule has 2 aliphatic carbocycles. The van der Waals surface area contributed by atoms with E-state index in [4.69, 9.17) is 74.3 Å². The number of benzene rings is 2. The summed E-state index contributed by atoms with van der Waals surface area (Å²) in [6.45, 7) is 3.44. The summed E-state index contributed by atoms with van der Waals surface area (Å²) in [4.78, 5) is 7.91. The third-order valence-electron chi connectivity index (χ3n) is 7.42. The highest BCUT2D eigenvalue weighted by molar-refractivity contribution is 6.42. The van der Waals surface area contributed by atoms with E-state index in [1.807, 2.05) is 36.4 Å². The molecule has 0 fully saturated rings. The van der Waals surface area contributed by atoms with Gasteiger partial charge < -0.3 is 11.1 Å². The summed E-state index contributed by atoms with van der Waals surface area (Å²) in [5, 5.41) is 22.1. The number of pyridine rings is 2. The molecule has 2 aliphatic rings. The predicted octanol–water partition coefficient (Wildman–Crippen LogP) is 9.78. The van der Waals surface area contributed by atoms with Crippen LogP contribution in [0.15, 0.2) is 36.4 Å². The van der Waals surface area contributed by atoms with Gasteiger partial charge in [-0.2, -0.15) is 10.5 Å². The van der Waals surface area contributed by atoms with E-state index in [2.05, 4.69) is 27.4 Å². The molecule has 0 bridgehead atoms. The summed E-state index contributed by atoms with van der Waals surface area (Å²) in [5.41, 5.74) is 15.1. The second-order valence-electron chi connectivity index (χ2n) is 10.1. The van der Waals surface area contributed by atoms with Gasteiger partial charge in [-0.1, -0.05) is 82.3 Å². The number of hydrogen-bond donors (Lipinski definition) is 2. The molecule has 0 unspecified atom stereocenters. The van der Waals surface area contributed by atoms with Gasteiger partial charge in [-0.05, 0) is 97.9 Å². The second kappa shape index (κ2) is 14.5. The van der Waals surface area contributed by atoms with Crippen LogP contribution in [0.2, 0.25) is 25.5 Å². The molecule has 220 valence electrons. The van der Waals surface area contributed by atoms with Gasteiger partial charge in [-0.25, -0.2) is 9.97 Å². The number of halogens is 5. The van der Waals surface area contributed by atoms with Gasteiger partial charge in [0.25, 0.3) is 0 Å². The number of nitrogen functional groups attached to an aromatic ring is 1. The van der Waals surface area contributed by atoms with Crippen molar-refractivity contribution < 1.29 is 0 Å². The Morgan fingerprint density at radius 3 is 1.84 bits per heavy atom. The molecule has 2 aromatic heterocycles. The first kappa shape index (κ1) is 32.7. The number of aromatic nitrogens is 2. The van der Waals surface area contributed by atoms with Crippen molar-refractivity contribution in [2.45, 2.75) is 52.4 Å². The molecule has 0 aliphatic heterocycles. The first-order valence-corrected chi connectivity index (χ1v) is 15.4. The van der Waals surface area contributed by atoms with Crippen LogP contribution < -0.4 is 11.1 Å². The molecule has 4 aromatic rings. The van der Waals surface area contributed by atoms with E-state index in [9.17, 15) is 0 Å². The first-order valence-electron chi connectivity index (χ1n) is 13.5. The number of rotatable bonds is 2. The lowest BCUT2D eigenvalue weighted by molar-refractivity contribution is 0.912. The van der Waals surface area contributed by atoms with Crippen LogP contribution in [0.4, 0.5) is 17.2 Å². The van der Waals surface area contributed by atoms with Gasteiger partial charge in [0.1, 0.15) is 27.6 Å². The Hall–Kier alpha value is -3.23. The van der Waals surface area contributed by atoms with Gasteiger partial charge >= 0.3 is 0 Å². The van der Waals surface area contributed by atoms with Crippen molar-refractivity contribution in [2.24, 2.45) is 0 Å². The SMILES string of the molecule is Cc1c(Cl)c(Cl)nc(Cl)c1C#N.Cc1c(Cl)c(Nc2cccc3c2CCC3)nc(Cl)c1C#N.Nc1cccc2c1CCC2. The second-order valence-corrected chi connectivity index (χ2v) is 11.9. The molecule has 0 amide bonds. The minimum absolute atomic E-state index is 0.0874. The monoisotopic (exact) mass is 670 g/mol. The average Bonchev–Trinajstić information content (AvgIpc) is 3.67. The molecule has 6 rings (SSSR count). The molecule has 0 saturated carbocycles. The lowest BCUT2D eigenvalue weighted by atomic mass is 10.1. The molecule has 3 N–H and O–H groups in total. The normalized spacial score (nSPS) is 12.5. The van der Waals surface area contributed by atoms with Gasteiger partial charge in [-0.3, -0.25) is 0 Å². The molecule has 0 radical (unpaired) electrons. The standard InChI is InChI=1S/C16H13Cl2N3.C9H11N.C7H3Cl3N2/c1-9-12(8-19)15(18)21-16(14(9)17)20-13-7-3-5-10-4-2-6-11(10)13;10-9-6-2-4-7-3-1-5-8(7)9;1-3-4(2-11)6(9)12-7(10)5(3)8/h3,5,7H,2,4,6H2,1H3,(H,20,21);2,4,6H,1,3,5,10H2;1H3. The van der Waals surface area contributed by atoms with E-state index >= 15 is 0 Å². The van der Waals surface area contributed by atoms with Crippen molar-refractivity contribution in [3.63, 3.8) is 0 Å². The fourth-order valence-electron chi connectivity index (χ4n) is 5.11. The molecular weight excluding hydrogens is 646 g/mol. The van der Waals surface area contributed by atoms with Crippen LogP contribution in [0, 0.1) is 36.5 Å². The van der Waals surface area contributed by atoms with E-state index in [0.717, 1.165) is 24.2 Å². The number of aryl methyl sites for hydroxylation is 2. The highest BCUT2D eigenvalue weighted by Gasteiger charge is 2.18. The summed E-state index contributed by atoms with van der Waals surface area (Å²) < 4.78 is 0. The van der Waals surface area contributed by atoms with Crippen LogP contribution in [-0.2, 0) is 25.7 Å². The third kappa shape index (κ3) is 7.29. The maximum Gasteiger partial charge on any atom is 0.151 e. The summed E-state index contributed by atoms with van der Waals surface area (Å²) in [6.07, 6.45) is 7.02. The number of anilines is 3. The fourth-order valence-corrected chi connectivity index (χ4v) is 6.24. The Morgan fingerprint density at radius 1 is 0.698 bits per heavy atom. The fraction of sp³-hybridized carbons (Fsp3) is 0.250. The van der Waals surface area contributed by atoms with Crippen LogP contribution in [0.3, 0.4) is 0 Å². The number of nitrogens with two attached hydrogens (primary N) is 1. The molecule has 0 atom stereocenters. The van der Waals surface area contributed by atoms with Gasteiger partial charge in [0.2, 0.25) is 0 Å². The molecule has 2 heterocycles. The summed E-state index contributed by atoms with van der Waals surface area (Å²) >= 11 is 29.3. The van der Waals surface area contributed by atoms with E-state index in [1.54, 1.807) is 13.8 Å². The van der Waals surface area contributed by atoms with Crippen molar-refractivity contribution in [2.75, 3.05) is 11.1 Å². The van der Waals surface area contributed by atoms with Crippen LogP contribution in [0.1, 0.15) is 57.3 Å². The topological polar surface area (TPSA) is 111 Å². The summed E-state index contributed by atoms with van der Waals surface area (Å²) in [6, 6.07) is 16.3. The highest BCUT2D eigenvalue weighted by atomic mass is 35.5. The zero-order valence-electron chi connectivity index (χ0n) is 23.5. The molecule has 0 saturated heterocycles. The molecular formula is C32H27Cl5N6.